The Morgan fingerprint density at radius 3 is 2.67 bits per heavy atom. The lowest BCUT2D eigenvalue weighted by Crippen LogP contribution is -2.08. The predicted molar refractivity (Wildman–Crippen MR) is 48.8 cm³/mol. The smallest absolute Gasteiger partial charge is 0.345 e. The van der Waals surface area contributed by atoms with Crippen molar-refractivity contribution < 1.29 is 18.8 Å². The van der Waals surface area contributed by atoms with E-state index in [4.69, 9.17) is 5.73 Å². The highest BCUT2D eigenvalue weighted by Crippen LogP contribution is 2.26. The van der Waals surface area contributed by atoms with Crippen molar-refractivity contribution in [2.45, 2.75) is 0 Å². The van der Waals surface area contributed by atoms with Crippen LogP contribution in [0.5, 0.6) is 0 Å². The summed E-state index contributed by atoms with van der Waals surface area (Å²) in [6, 6.07) is 1.76. The number of carbonyl (C=O) groups is 1. The minimum absolute atomic E-state index is 0.0847. The Labute approximate surface area is 83.6 Å². The molecule has 0 heterocycles. The number of nitrogens with two attached hydrogens (primary N) is 1. The molecule has 0 aliphatic heterocycles. The van der Waals surface area contributed by atoms with Crippen molar-refractivity contribution in [3.63, 3.8) is 0 Å². The summed E-state index contributed by atoms with van der Waals surface area (Å²) in [6.07, 6.45) is 0. The van der Waals surface area contributed by atoms with Crippen LogP contribution in [0.15, 0.2) is 12.1 Å². The van der Waals surface area contributed by atoms with E-state index in [1.165, 1.54) is 0 Å². The Balaban J connectivity index is 3.46. The molecule has 1 rings (SSSR count). The highest BCUT2D eigenvalue weighted by molar-refractivity contribution is 5.95. The third-order valence-corrected chi connectivity index (χ3v) is 1.67. The van der Waals surface area contributed by atoms with Gasteiger partial charge < -0.3 is 10.5 Å². The first-order valence-electron chi connectivity index (χ1n) is 3.79. The molecule has 1 aromatic rings. The molecule has 0 aliphatic carbocycles. The van der Waals surface area contributed by atoms with Gasteiger partial charge in [-0.05, 0) is 6.07 Å². The number of esters is 1. The molecular formula is C8H7FN2O4. The first kappa shape index (κ1) is 10.9. The molecule has 2 N–H and O–H groups in total. The molecule has 0 saturated heterocycles. The van der Waals surface area contributed by atoms with E-state index in [-0.39, 0.29) is 5.69 Å². The number of rotatable bonds is 2. The first-order valence-corrected chi connectivity index (χ1v) is 3.79. The minimum atomic E-state index is -1.17. The number of nitrogen functional groups attached to an aromatic ring is 1. The lowest BCUT2D eigenvalue weighted by atomic mass is 10.1. The van der Waals surface area contributed by atoms with Crippen LogP contribution in [0, 0.1) is 15.9 Å². The van der Waals surface area contributed by atoms with E-state index in [2.05, 4.69) is 4.74 Å². The molecule has 0 saturated carbocycles. The molecule has 0 amide bonds. The predicted octanol–water partition coefficient (Wildman–Crippen LogP) is 1.10. The number of ether oxygens (including phenoxy) is 1. The van der Waals surface area contributed by atoms with Crippen LogP contribution in [-0.2, 0) is 4.74 Å². The maximum absolute atomic E-state index is 13.1. The molecule has 0 spiro atoms. The zero-order valence-electron chi connectivity index (χ0n) is 7.69. The summed E-state index contributed by atoms with van der Waals surface area (Å²) in [5.41, 5.74) is 3.73. The third-order valence-electron chi connectivity index (χ3n) is 1.67. The van der Waals surface area contributed by atoms with E-state index in [1.54, 1.807) is 0 Å². The van der Waals surface area contributed by atoms with Crippen molar-refractivity contribution in [2.75, 3.05) is 12.8 Å². The molecule has 0 bridgehead atoms. The lowest BCUT2D eigenvalue weighted by Gasteiger charge is -2.03. The van der Waals surface area contributed by atoms with Crippen LogP contribution in [0.3, 0.4) is 0 Å². The van der Waals surface area contributed by atoms with Gasteiger partial charge in [0, 0.05) is 11.8 Å². The number of anilines is 1. The second kappa shape index (κ2) is 3.91. The van der Waals surface area contributed by atoms with Gasteiger partial charge in [-0.15, -0.1) is 0 Å². The van der Waals surface area contributed by atoms with E-state index >= 15 is 0 Å². The summed E-state index contributed by atoms with van der Waals surface area (Å²) in [5.74, 6) is -2.17. The number of halogens is 1. The average Bonchev–Trinajstić information content (AvgIpc) is 2.14. The number of nitrogens with zero attached hydrogens (tertiary/aromatic N) is 1. The van der Waals surface area contributed by atoms with E-state index in [1.807, 2.05) is 0 Å². The topological polar surface area (TPSA) is 95.5 Å². The first-order chi connectivity index (χ1) is 6.97. The Bertz CT molecular complexity index is 433. The molecule has 0 aliphatic rings. The number of hydrogen-bond donors (Lipinski definition) is 1. The molecule has 0 radical (unpaired) electrons. The van der Waals surface area contributed by atoms with Crippen molar-refractivity contribution in [2.24, 2.45) is 0 Å². The Morgan fingerprint density at radius 1 is 1.60 bits per heavy atom. The number of benzene rings is 1. The summed E-state index contributed by atoms with van der Waals surface area (Å²) in [4.78, 5) is 20.6. The lowest BCUT2D eigenvalue weighted by molar-refractivity contribution is -0.387. The van der Waals surface area contributed by atoms with E-state index in [0.29, 0.717) is 0 Å². The second-order valence-corrected chi connectivity index (χ2v) is 2.65. The van der Waals surface area contributed by atoms with Gasteiger partial charge in [0.1, 0.15) is 5.56 Å². The molecule has 1 aromatic carbocycles. The zero-order valence-corrected chi connectivity index (χ0v) is 7.69. The van der Waals surface area contributed by atoms with Crippen LogP contribution in [0.25, 0.3) is 0 Å². The van der Waals surface area contributed by atoms with Gasteiger partial charge in [-0.25, -0.2) is 4.79 Å². The molecule has 6 nitrogen and oxygen atoms in total. The molecule has 0 fully saturated rings. The molecule has 0 unspecified atom stereocenters. The summed E-state index contributed by atoms with van der Waals surface area (Å²) in [6.45, 7) is 0. The van der Waals surface area contributed by atoms with Crippen LogP contribution >= 0.6 is 0 Å². The van der Waals surface area contributed by atoms with Crippen molar-refractivity contribution in [1.82, 2.24) is 0 Å². The molecule has 0 atom stereocenters. The molecular weight excluding hydrogens is 207 g/mol. The van der Waals surface area contributed by atoms with Crippen LogP contribution in [0.4, 0.5) is 15.8 Å². The van der Waals surface area contributed by atoms with E-state index in [9.17, 15) is 19.3 Å². The fourth-order valence-electron chi connectivity index (χ4n) is 1.07. The van der Waals surface area contributed by atoms with Gasteiger partial charge in [-0.2, -0.15) is 4.39 Å². The largest absolute Gasteiger partial charge is 0.465 e. The molecule has 7 heteroatoms. The monoisotopic (exact) mass is 214 g/mol. The Kier molecular flexibility index (Phi) is 2.84. The van der Waals surface area contributed by atoms with Crippen molar-refractivity contribution >= 4 is 17.3 Å². The van der Waals surface area contributed by atoms with Gasteiger partial charge >= 0.3 is 11.7 Å². The van der Waals surface area contributed by atoms with Crippen LogP contribution in [0.2, 0.25) is 0 Å². The van der Waals surface area contributed by atoms with Crippen molar-refractivity contribution in [3.05, 3.63) is 33.6 Å². The second-order valence-electron chi connectivity index (χ2n) is 2.65. The summed E-state index contributed by atoms with van der Waals surface area (Å²) in [7, 11) is 1.03. The van der Waals surface area contributed by atoms with Gasteiger partial charge in [-0.1, -0.05) is 0 Å². The molecule has 15 heavy (non-hydrogen) atoms. The molecule has 80 valence electrons. The normalized spacial score (nSPS) is 9.73. The van der Waals surface area contributed by atoms with Crippen molar-refractivity contribution in [3.8, 4) is 0 Å². The van der Waals surface area contributed by atoms with E-state index < -0.39 is 28.0 Å². The van der Waals surface area contributed by atoms with Gasteiger partial charge in [0.25, 0.3) is 0 Å². The maximum Gasteiger partial charge on any atom is 0.345 e. The standard InChI is InChI=1S/C8H7FN2O4/c1-15-8(12)5-2-4(10)3-6(9)7(5)11(13)14/h2-3H,10H2,1H3. The number of nitro groups is 1. The fraction of sp³-hybridized carbons (Fsp3) is 0.125. The summed E-state index contributed by atoms with van der Waals surface area (Å²) >= 11 is 0. The number of carbonyl (C=O) groups excluding carboxylic acids is 1. The quantitative estimate of drug-likeness (QED) is 0.344. The third kappa shape index (κ3) is 2.01. The highest BCUT2D eigenvalue weighted by Gasteiger charge is 2.26. The highest BCUT2D eigenvalue weighted by atomic mass is 19.1. The number of hydrogen-bond acceptors (Lipinski definition) is 5. The number of nitro benzene ring substituents is 1. The molecule has 0 aromatic heterocycles. The fourth-order valence-corrected chi connectivity index (χ4v) is 1.07. The Morgan fingerprint density at radius 2 is 2.20 bits per heavy atom. The van der Waals surface area contributed by atoms with Crippen LogP contribution < -0.4 is 5.73 Å². The summed E-state index contributed by atoms with van der Waals surface area (Å²) in [5, 5.41) is 10.5. The van der Waals surface area contributed by atoms with Crippen LogP contribution in [0.1, 0.15) is 10.4 Å². The maximum atomic E-state index is 13.1. The van der Waals surface area contributed by atoms with Gasteiger partial charge in [-0.3, -0.25) is 10.1 Å². The average molecular weight is 214 g/mol. The van der Waals surface area contributed by atoms with E-state index in [0.717, 1.165) is 19.2 Å². The zero-order chi connectivity index (χ0) is 11.6. The van der Waals surface area contributed by atoms with Crippen molar-refractivity contribution in [1.29, 1.82) is 0 Å². The number of methoxy groups -OCH3 is 1. The minimum Gasteiger partial charge on any atom is -0.465 e. The SMILES string of the molecule is COC(=O)c1cc(N)cc(F)c1[N+](=O)[O-]. The Hall–Kier alpha value is -2.18. The van der Waals surface area contributed by atoms with Gasteiger partial charge in [0.2, 0.25) is 5.82 Å². The summed E-state index contributed by atoms with van der Waals surface area (Å²) < 4.78 is 17.4. The van der Waals surface area contributed by atoms with Crippen LogP contribution in [-0.4, -0.2) is 18.0 Å². The van der Waals surface area contributed by atoms with Gasteiger partial charge in [0.05, 0.1) is 12.0 Å². The van der Waals surface area contributed by atoms with Gasteiger partial charge in [0.15, 0.2) is 0 Å².